The summed E-state index contributed by atoms with van der Waals surface area (Å²) in [5.74, 6) is -0.925. The Morgan fingerprint density at radius 2 is 0.481 bits per heavy atom. The van der Waals surface area contributed by atoms with Gasteiger partial charge in [-0.25, -0.2) is 19.2 Å². The molecule has 0 aliphatic rings. The summed E-state index contributed by atoms with van der Waals surface area (Å²) in [6, 6.07) is 24.7. The van der Waals surface area contributed by atoms with Crippen molar-refractivity contribution < 1.29 is 38.1 Å². The smallest absolute Gasteiger partial charge is 0.348 e. The number of fused-ring (bicyclic) bond motifs is 4. The van der Waals surface area contributed by atoms with Crippen molar-refractivity contribution >= 4 is 187 Å². The summed E-state index contributed by atoms with van der Waals surface area (Å²) in [6.45, 7) is 10.9. The van der Waals surface area contributed by atoms with E-state index >= 15 is 0 Å². The minimum Gasteiger partial charge on any atom is -0.462 e. The van der Waals surface area contributed by atoms with Gasteiger partial charge in [0.1, 0.15) is 19.5 Å². The number of hydrogen-bond acceptors (Lipinski definition) is 16. The minimum absolute atomic E-state index is 0.223. The summed E-state index contributed by atoms with van der Waals surface area (Å²) in [5.41, 5.74) is 4.62. The Kier molecular flexibility index (Phi) is 39.4. The average molecular weight is 1720 g/mol. The Morgan fingerprint density at radius 1 is 0.264 bits per heavy atom. The third kappa shape index (κ3) is 26.5. The molecule has 0 saturated heterocycles. The van der Waals surface area contributed by atoms with Crippen LogP contribution >= 0.6 is 123 Å². The monoisotopic (exact) mass is 1710 g/mol. The molecule has 0 unspecified atom stereocenters. The zero-order valence-corrected chi connectivity index (χ0v) is 73.2. The quantitative estimate of drug-likeness (QED) is 0.0211. The number of carbonyl (C=O) groups is 4. The van der Waals surface area contributed by atoms with Crippen LogP contribution in [0.1, 0.15) is 323 Å². The van der Waals surface area contributed by atoms with Crippen molar-refractivity contribution in [3.8, 4) is 41.8 Å². The molecule has 2 aromatic carbocycles. The number of halogens is 2. The fraction of sp³-hybridized carbons (Fsp3) is 0.545. The molecule has 0 N–H and O–H groups in total. The Balaban J connectivity index is 0.000000245. The molecule has 18 heteroatoms. The molecule has 0 bridgehead atoms. The van der Waals surface area contributed by atoms with Crippen molar-refractivity contribution in [2.45, 2.75) is 285 Å². The highest BCUT2D eigenvalue weighted by Crippen LogP contribution is 2.54. The molecule has 10 aromatic rings. The van der Waals surface area contributed by atoms with Gasteiger partial charge in [-0.3, -0.25) is 0 Å². The first-order valence-corrected chi connectivity index (χ1v) is 48.6. The van der Waals surface area contributed by atoms with Crippen LogP contribution in [0.3, 0.4) is 0 Å². The van der Waals surface area contributed by atoms with Gasteiger partial charge in [-0.05, 0) is 141 Å². The minimum atomic E-state index is -0.240. The van der Waals surface area contributed by atoms with E-state index in [4.69, 9.17) is 18.9 Å². The van der Waals surface area contributed by atoms with Crippen LogP contribution in [0.15, 0.2) is 91.1 Å². The van der Waals surface area contributed by atoms with Crippen molar-refractivity contribution in [1.29, 1.82) is 0 Å². The average Bonchev–Trinajstić information content (AvgIpc) is 1.57. The number of hydrogen-bond donors (Lipinski definition) is 0. The third-order valence-electron chi connectivity index (χ3n) is 19.9. The van der Waals surface area contributed by atoms with E-state index in [1.165, 1.54) is 282 Å². The van der Waals surface area contributed by atoms with Gasteiger partial charge in [0.2, 0.25) is 0 Å². The maximum atomic E-state index is 13.1. The second-order valence-electron chi connectivity index (χ2n) is 28.3. The molecule has 0 spiro atoms. The first-order chi connectivity index (χ1) is 52.0. The maximum absolute atomic E-state index is 13.1. The predicted molar refractivity (Wildman–Crippen MR) is 472 cm³/mol. The number of thiophene rings is 8. The highest BCUT2D eigenvalue weighted by atomic mass is 79.9. The van der Waals surface area contributed by atoms with E-state index in [0.717, 1.165) is 110 Å². The lowest BCUT2D eigenvalue weighted by Crippen LogP contribution is -2.04. The molecular formula is C88H114Br2O8S8. The van der Waals surface area contributed by atoms with Crippen molar-refractivity contribution in [3.05, 3.63) is 111 Å². The Hall–Kier alpha value is -4.08. The zero-order chi connectivity index (χ0) is 74.5. The fourth-order valence-electron chi connectivity index (χ4n) is 14.0. The molecule has 8 aromatic heterocycles. The van der Waals surface area contributed by atoms with Gasteiger partial charge < -0.3 is 18.9 Å². The normalized spacial score (nSPS) is 11.6. The molecule has 0 aliphatic carbocycles. The number of ether oxygens (including phenoxy) is 4. The highest BCUT2D eigenvalue weighted by Gasteiger charge is 2.27. The Morgan fingerprint density at radius 3 is 0.717 bits per heavy atom. The number of unbranched alkanes of at least 4 members (excludes halogenated alkanes) is 36. The third-order valence-corrected chi connectivity index (χ3v) is 29.4. The van der Waals surface area contributed by atoms with Gasteiger partial charge in [0.15, 0.2) is 0 Å². The van der Waals surface area contributed by atoms with E-state index in [1.54, 1.807) is 45.3 Å². The first kappa shape index (κ1) is 85.9. The van der Waals surface area contributed by atoms with Gasteiger partial charge in [-0.15, -0.1) is 90.7 Å². The molecule has 0 saturated carbocycles. The molecule has 10 rings (SSSR count). The SMILES string of the molecule is CCCCCCCCCCCCOC(=O)c1ccc(-c2c3cc(Br)sc3c(-c3ccc(C(=O)OCCCCCCCCCCCC)s3)c3cc(Br)sc23)s1.CCCCCCCCCCCCOC(=O)c1ccc(-c2c3ccsc3c(-c3ccc(C(=O)OCCCCCCCCCCCC)s3)c3ccsc23)s1. The standard InChI is InChI=1S/C44H56Br2O4S4.C44H58O4S4/c1-3-5-7-9-11-13-15-17-19-21-27-49-43(47)35-25-23-33(51-35)39-31-29-37(45)54-42(31)40(32-30-38(46)53-41(32)39)34-24-26-36(52-34)44(48)50-28-22-20-18-16-14-12-10-8-6-4-2;1-3-5-7-9-11-13-15-17-19-21-29-47-43(45)37-25-23-35(51-37)39-33-27-31-50-42(33)40(34-28-32-49-41(34)39)36-24-26-38(52-36)44(46)48-30-22-20-18-16-14-12-10-8-6-4-2/h23-26,29-30H,3-22,27-28H2,1-2H3;23-28,31-32H,3-22,29-30H2,1-2H3. The molecule has 0 aliphatic heterocycles. The van der Waals surface area contributed by atoms with E-state index in [2.05, 4.69) is 119 Å². The summed E-state index contributed by atoms with van der Waals surface area (Å²) >= 11 is 20.5. The Labute approximate surface area is 681 Å². The summed E-state index contributed by atoms with van der Waals surface area (Å²) < 4.78 is 29.6. The second kappa shape index (κ2) is 48.6. The summed E-state index contributed by atoms with van der Waals surface area (Å²) in [4.78, 5) is 59.0. The van der Waals surface area contributed by atoms with Gasteiger partial charge >= 0.3 is 23.9 Å². The fourth-order valence-corrected chi connectivity index (χ4v) is 23.4. The molecule has 0 radical (unpaired) electrons. The molecular weight excluding hydrogens is 1600 g/mol. The topological polar surface area (TPSA) is 105 Å². The molecule has 106 heavy (non-hydrogen) atoms. The predicted octanol–water partition coefficient (Wildman–Crippen LogP) is 33.0. The molecule has 576 valence electrons. The van der Waals surface area contributed by atoms with Gasteiger partial charge in [0.25, 0.3) is 0 Å². The van der Waals surface area contributed by atoms with Crippen LogP contribution in [0.25, 0.3) is 82.1 Å². The van der Waals surface area contributed by atoms with E-state index in [1.807, 2.05) is 24.3 Å². The second-order valence-corrected chi connectivity index (χ2v) is 39.4. The first-order valence-electron chi connectivity index (χ1n) is 40.4. The van der Waals surface area contributed by atoms with Gasteiger partial charge in [-0.2, -0.15) is 0 Å². The molecule has 0 atom stereocenters. The van der Waals surface area contributed by atoms with Crippen LogP contribution in [0.4, 0.5) is 0 Å². The molecule has 8 heterocycles. The van der Waals surface area contributed by atoms with Crippen molar-refractivity contribution in [2.24, 2.45) is 0 Å². The number of esters is 4. The summed E-state index contributed by atoms with van der Waals surface area (Å²) in [7, 11) is 0. The highest BCUT2D eigenvalue weighted by molar-refractivity contribution is 9.11. The van der Waals surface area contributed by atoms with Crippen LogP contribution in [-0.2, 0) is 18.9 Å². The van der Waals surface area contributed by atoms with Crippen LogP contribution < -0.4 is 0 Å². The number of benzene rings is 2. The molecule has 8 nitrogen and oxygen atoms in total. The van der Waals surface area contributed by atoms with Crippen LogP contribution in [0.2, 0.25) is 0 Å². The maximum Gasteiger partial charge on any atom is 0.348 e. The van der Waals surface area contributed by atoms with Crippen LogP contribution in [0.5, 0.6) is 0 Å². The molecule has 0 amide bonds. The van der Waals surface area contributed by atoms with Crippen LogP contribution in [-0.4, -0.2) is 50.3 Å². The van der Waals surface area contributed by atoms with E-state index in [0.29, 0.717) is 45.9 Å². The largest absolute Gasteiger partial charge is 0.462 e. The lowest BCUT2D eigenvalue weighted by atomic mass is 10.0. The van der Waals surface area contributed by atoms with E-state index < -0.39 is 0 Å². The lowest BCUT2D eigenvalue weighted by Gasteiger charge is -2.10. The van der Waals surface area contributed by atoms with E-state index in [9.17, 15) is 19.2 Å². The van der Waals surface area contributed by atoms with Gasteiger partial charge in [-0.1, -0.05) is 259 Å². The summed E-state index contributed by atoms with van der Waals surface area (Å²) in [5, 5.41) is 8.92. The zero-order valence-electron chi connectivity index (χ0n) is 63.5. The van der Waals surface area contributed by atoms with Gasteiger partial charge in [0.05, 0.1) is 34.0 Å². The number of rotatable bonds is 52. The number of carbonyl (C=O) groups excluding carboxylic acids is 4. The molecule has 0 fully saturated rings. The van der Waals surface area contributed by atoms with Crippen LogP contribution in [0, 0.1) is 0 Å². The van der Waals surface area contributed by atoms with Crippen molar-refractivity contribution in [3.63, 3.8) is 0 Å². The Bertz CT molecular complexity index is 3860. The van der Waals surface area contributed by atoms with Gasteiger partial charge in [0, 0.05) is 82.1 Å². The van der Waals surface area contributed by atoms with Crippen molar-refractivity contribution in [1.82, 2.24) is 0 Å². The van der Waals surface area contributed by atoms with Crippen molar-refractivity contribution in [2.75, 3.05) is 26.4 Å². The van der Waals surface area contributed by atoms with E-state index in [-0.39, 0.29) is 23.9 Å². The summed E-state index contributed by atoms with van der Waals surface area (Å²) in [6.07, 6.45) is 50.2. The lowest BCUT2D eigenvalue weighted by molar-refractivity contribution is 0.0494.